The maximum absolute atomic E-state index is 12.9. The third-order valence-electron chi connectivity index (χ3n) is 6.65. The molecule has 0 radical (unpaired) electrons. The minimum absolute atomic E-state index is 0.109. The molecule has 0 aromatic heterocycles. The minimum atomic E-state index is -1.26. The first-order valence-corrected chi connectivity index (χ1v) is 12.0. The van der Waals surface area contributed by atoms with Gasteiger partial charge in [-0.25, -0.2) is 9.59 Å². The monoisotopic (exact) mass is 495 g/mol. The van der Waals surface area contributed by atoms with Crippen LogP contribution in [0.5, 0.6) is 11.5 Å². The van der Waals surface area contributed by atoms with Crippen molar-refractivity contribution in [2.75, 3.05) is 27.3 Å². The number of rotatable bonds is 8. The van der Waals surface area contributed by atoms with Crippen LogP contribution in [0, 0.1) is 11.8 Å². The summed E-state index contributed by atoms with van der Waals surface area (Å²) in [6, 6.07) is 14.5. The number of ether oxygens (including phenoxy) is 2. The van der Waals surface area contributed by atoms with Crippen molar-refractivity contribution in [2.24, 2.45) is 11.8 Å². The lowest BCUT2D eigenvalue weighted by Crippen LogP contribution is -2.34. The van der Waals surface area contributed by atoms with Crippen molar-refractivity contribution < 1.29 is 34.1 Å². The summed E-state index contributed by atoms with van der Waals surface area (Å²) < 4.78 is 10.8. The molecule has 2 aromatic carbocycles. The third kappa shape index (κ3) is 7.42. The van der Waals surface area contributed by atoms with Gasteiger partial charge in [0.25, 0.3) is 0 Å². The molecule has 1 fully saturated rings. The van der Waals surface area contributed by atoms with Gasteiger partial charge in [-0.15, -0.1) is 0 Å². The average Bonchev–Trinajstić information content (AvgIpc) is 3.18. The van der Waals surface area contributed by atoms with Crippen LogP contribution in [0.3, 0.4) is 0 Å². The number of likely N-dealkylation sites (tertiary alicyclic amines) is 1. The fourth-order valence-electron chi connectivity index (χ4n) is 4.85. The van der Waals surface area contributed by atoms with E-state index in [-0.39, 0.29) is 11.7 Å². The number of ketones is 1. The molecule has 0 bridgehead atoms. The maximum Gasteiger partial charge on any atom is 0.328 e. The Bertz CT molecular complexity index is 1070. The molecule has 4 rings (SSSR count). The van der Waals surface area contributed by atoms with E-state index in [0.717, 1.165) is 43.6 Å². The van der Waals surface area contributed by atoms with Crippen molar-refractivity contribution in [3.8, 4) is 11.5 Å². The van der Waals surface area contributed by atoms with E-state index in [4.69, 9.17) is 19.7 Å². The van der Waals surface area contributed by atoms with Crippen molar-refractivity contribution in [3.63, 3.8) is 0 Å². The minimum Gasteiger partial charge on any atom is -0.493 e. The smallest absolute Gasteiger partial charge is 0.328 e. The van der Waals surface area contributed by atoms with Crippen LogP contribution in [0.15, 0.2) is 54.6 Å². The van der Waals surface area contributed by atoms with Crippen molar-refractivity contribution in [1.29, 1.82) is 0 Å². The van der Waals surface area contributed by atoms with Crippen LogP contribution >= 0.6 is 0 Å². The highest BCUT2D eigenvalue weighted by Gasteiger charge is 2.34. The second-order valence-electron chi connectivity index (χ2n) is 9.08. The van der Waals surface area contributed by atoms with E-state index in [1.54, 1.807) is 14.2 Å². The number of piperidine rings is 1. The first-order chi connectivity index (χ1) is 17.3. The fourth-order valence-corrected chi connectivity index (χ4v) is 4.85. The molecule has 1 heterocycles. The van der Waals surface area contributed by atoms with Gasteiger partial charge in [-0.05, 0) is 68.0 Å². The van der Waals surface area contributed by atoms with E-state index in [1.165, 1.54) is 18.4 Å². The number of carboxylic acids is 2. The Morgan fingerprint density at radius 3 is 2.11 bits per heavy atom. The van der Waals surface area contributed by atoms with Crippen molar-refractivity contribution in [3.05, 3.63) is 71.3 Å². The van der Waals surface area contributed by atoms with Crippen molar-refractivity contribution >= 4 is 17.7 Å². The highest BCUT2D eigenvalue weighted by atomic mass is 16.5. The van der Waals surface area contributed by atoms with Crippen LogP contribution in [0.2, 0.25) is 0 Å². The van der Waals surface area contributed by atoms with E-state index in [0.29, 0.717) is 29.6 Å². The molecule has 36 heavy (non-hydrogen) atoms. The van der Waals surface area contributed by atoms with Crippen molar-refractivity contribution in [1.82, 2.24) is 4.90 Å². The topological polar surface area (TPSA) is 113 Å². The molecule has 0 spiro atoms. The molecular formula is C28H33NO7. The average molecular weight is 496 g/mol. The second-order valence-corrected chi connectivity index (χ2v) is 9.08. The number of carboxylic acid groups (broad SMARTS) is 2. The van der Waals surface area contributed by atoms with Gasteiger partial charge in [0.05, 0.1) is 14.2 Å². The van der Waals surface area contributed by atoms with E-state index >= 15 is 0 Å². The Labute approximate surface area is 211 Å². The normalized spacial score (nSPS) is 17.8. The van der Waals surface area contributed by atoms with Gasteiger partial charge < -0.3 is 19.7 Å². The molecule has 2 aromatic rings. The van der Waals surface area contributed by atoms with Gasteiger partial charge in [-0.2, -0.15) is 0 Å². The molecule has 1 unspecified atom stereocenters. The summed E-state index contributed by atoms with van der Waals surface area (Å²) in [6.07, 6.45) is 5.31. The molecule has 0 amide bonds. The molecule has 0 saturated carbocycles. The summed E-state index contributed by atoms with van der Waals surface area (Å²) in [5.41, 5.74) is 3.31. The number of benzene rings is 2. The van der Waals surface area contributed by atoms with Gasteiger partial charge in [0, 0.05) is 30.2 Å². The number of hydrogen-bond acceptors (Lipinski definition) is 6. The van der Waals surface area contributed by atoms with Crippen LogP contribution < -0.4 is 9.47 Å². The summed E-state index contributed by atoms with van der Waals surface area (Å²) in [6.45, 7) is 3.27. The van der Waals surface area contributed by atoms with Gasteiger partial charge in [0.2, 0.25) is 0 Å². The number of Topliss-reactive ketones (excluding diaryl/α,β-unsaturated/α-hetero) is 1. The number of methoxy groups -OCH3 is 2. The Balaban J connectivity index is 0.000000392. The summed E-state index contributed by atoms with van der Waals surface area (Å²) in [7, 11) is 3.26. The standard InChI is InChI=1S/C24H29NO3.C4H4O4/c1-27-22-14-19-13-20(24(26)21(19)15-23(22)28-2)12-17-8-10-25(11-9-17)16-18-6-4-3-5-7-18;5-3(6)1-2-4(7)8/h3-7,14-15,17,20H,8-13,16H2,1-2H3;1-2H,(H,5,6)(H,7,8)/b;2-1-. The zero-order chi connectivity index (χ0) is 26.1. The highest BCUT2D eigenvalue weighted by Crippen LogP contribution is 2.39. The summed E-state index contributed by atoms with van der Waals surface area (Å²) in [5.74, 6) is -0.132. The molecule has 1 aliphatic heterocycles. The van der Waals surface area contributed by atoms with Crippen LogP contribution in [0.4, 0.5) is 0 Å². The van der Waals surface area contributed by atoms with Gasteiger partial charge >= 0.3 is 11.9 Å². The lowest BCUT2D eigenvalue weighted by molar-refractivity contribution is -0.134. The van der Waals surface area contributed by atoms with E-state index in [9.17, 15) is 14.4 Å². The third-order valence-corrected chi connectivity index (χ3v) is 6.65. The predicted molar refractivity (Wildman–Crippen MR) is 135 cm³/mol. The number of fused-ring (bicyclic) bond motifs is 1. The van der Waals surface area contributed by atoms with Crippen LogP contribution in [0.1, 0.15) is 40.7 Å². The summed E-state index contributed by atoms with van der Waals surface area (Å²) >= 11 is 0. The maximum atomic E-state index is 12.9. The van der Waals surface area contributed by atoms with Crippen molar-refractivity contribution in [2.45, 2.75) is 32.2 Å². The van der Waals surface area contributed by atoms with Crippen LogP contribution in [-0.2, 0) is 22.6 Å². The fraction of sp³-hybridized carbons (Fsp3) is 0.393. The quantitative estimate of drug-likeness (QED) is 0.527. The van der Waals surface area contributed by atoms with Crippen LogP contribution in [0.25, 0.3) is 0 Å². The Morgan fingerprint density at radius 1 is 0.972 bits per heavy atom. The number of carbonyl (C=O) groups is 3. The molecule has 1 aliphatic carbocycles. The molecular weight excluding hydrogens is 462 g/mol. The van der Waals surface area contributed by atoms with E-state index < -0.39 is 11.9 Å². The van der Waals surface area contributed by atoms with Gasteiger partial charge in [-0.3, -0.25) is 9.69 Å². The Kier molecular flexibility index (Phi) is 9.64. The number of nitrogens with zero attached hydrogens (tertiary/aromatic N) is 1. The van der Waals surface area contributed by atoms with Gasteiger partial charge in [-0.1, -0.05) is 30.3 Å². The molecule has 2 aliphatic rings. The van der Waals surface area contributed by atoms with E-state index in [2.05, 4.69) is 35.2 Å². The number of hydrogen-bond donors (Lipinski definition) is 2. The van der Waals surface area contributed by atoms with E-state index in [1.807, 2.05) is 12.1 Å². The zero-order valence-corrected chi connectivity index (χ0v) is 20.7. The molecule has 1 atom stereocenters. The lowest BCUT2D eigenvalue weighted by atomic mass is 9.85. The molecule has 192 valence electrons. The zero-order valence-electron chi connectivity index (χ0n) is 20.7. The van der Waals surface area contributed by atoms with Crippen LogP contribution in [-0.4, -0.2) is 60.1 Å². The highest BCUT2D eigenvalue weighted by molar-refractivity contribution is 6.02. The molecule has 2 N–H and O–H groups in total. The molecule has 1 saturated heterocycles. The largest absolute Gasteiger partial charge is 0.493 e. The Hall–Kier alpha value is -3.65. The lowest BCUT2D eigenvalue weighted by Gasteiger charge is -2.32. The predicted octanol–water partition coefficient (Wildman–Crippen LogP) is 4.07. The SMILES string of the molecule is COc1cc2c(cc1OC)C(=O)C(CC1CCN(Cc3ccccc3)CC1)C2.O=C(O)/C=C\C(=O)O. The van der Waals surface area contributed by atoms with Gasteiger partial charge in [0.1, 0.15) is 0 Å². The Morgan fingerprint density at radius 2 is 1.56 bits per heavy atom. The second kappa shape index (κ2) is 12.9. The molecule has 8 heteroatoms. The number of aliphatic carboxylic acids is 2. The first kappa shape index (κ1) is 26.9. The van der Waals surface area contributed by atoms with Gasteiger partial charge in [0.15, 0.2) is 17.3 Å². The summed E-state index contributed by atoms with van der Waals surface area (Å²) in [5, 5.41) is 15.6. The number of carbonyl (C=O) groups excluding carboxylic acids is 1. The molecule has 8 nitrogen and oxygen atoms in total. The summed E-state index contributed by atoms with van der Waals surface area (Å²) in [4.78, 5) is 34.6. The first-order valence-electron chi connectivity index (χ1n) is 12.0.